The van der Waals surface area contributed by atoms with E-state index in [0.29, 0.717) is 27.5 Å². The molecule has 7 nitrogen and oxygen atoms in total. The van der Waals surface area contributed by atoms with Crippen molar-refractivity contribution in [1.82, 2.24) is 0 Å². The Morgan fingerprint density at radius 2 is 1.77 bits per heavy atom. The Kier molecular flexibility index (Phi) is 5.89. The minimum Gasteiger partial charge on any atom is -0.366 e. The number of nitrogens with two attached hydrogens (primary N) is 1. The van der Waals surface area contributed by atoms with E-state index in [0.717, 1.165) is 10.6 Å². The van der Waals surface area contributed by atoms with Gasteiger partial charge in [-0.25, -0.2) is 8.42 Å². The Hall–Kier alpha value is -2.58. The third kappa shape index (κ3) is 4.96. The molecular weight excluding hydrogens is 378 g/mol. The maximum atomic E-state index is 12.3. The smallest absolute Gasteiger partial charge is 0.248 e. The summed E-state index contributed by atoms with van der Waals surface area (Å²) >= 11 is 5.90. The van der Waals surface area contributed by atoms with Crippen molar-refractivity contribution in [3.8, 4) is 0 Å². The summed E-state index contributed by atoms with van der Waals surface area (Å²) in [6, 6.07) is 10.7. The Morgan fingerprint density at radius 1 is 1.15 bits per heavy atom. The molecule has 0 heterocycles. The summed E-state index contributed by atoms with van der Waals surface area (Å²) in [5, 5.41) is 3.06. The van der Waals surface area contributed by atoms with Gasteiger partial charge in [-0.2, -0.15) is 0 Å². The monoisotopic (exact) mass is 395 g/mol. The first-order chi connectivity index (χ1) is 12.1. The molecule has 0 fully saturated rings. The zero-order chi connectivity index (χ0) is 19.5. The molecule has 0 aromatic heterocycles. The van der Waals surface area contributed by atoms with Crippen LogP contribution in [-0.4, -0.2) is 33.0 Å². The third-order valence-corrected chi connectivity index (χ3v) is 4.93. The van der Waals surface area contributed by atoms with Gasteiger partial charge in [-0.05, 0) is 55.0 Å². The molecule has 0 radical (unpaired) electrons. The number of amides is 2. The summed E-state index contributed by atoms with van der Waals surface area (Å²) in [6.07, 6.45) is 1.02. The van der Waals surface area contributed by atoms with Crippen molar-refractivity contribution < 1.29 is 18.0 Å². The first-order valence-corrected chi connectivity index (χ1v) is 9.74. The van der Waals surface area contributed by atoms with Crippen LogP contribution in [0.15, 0.2) is 42.5 Å². The molecule has 2 amide bonds. The molecule has 0 saturated carbocycles. The standard InChI is InChI=1S/C17H18ClN3O4S/c1-11-9-13(18)5-8-15(11)21(26(2,24)25)10-16(22)20-14-6-3-12(4-7-14)17(19)23/h3-9H,10H2,1-2H3,(H2,19,23)(H,20,22). The van der Waals surface area contributed by atoms with Crippen LogP contribution in [0.5, 0.6) is 0 Å². The van der Waals surface area contributed by atoms with Crippen molar-refractivity contribution in [2.75, 3.05) is 22.4 Å². The van der Waals surface area contributed by atoms with Crippen molar-refractivity contribution in [3.63, 3.8) is 0 Å². The van der Waals surface area contributed by atoms with Crippen LogP contribution >= 0.6 is 11.6 Å². The van der Waals surface area contributed by atoms with E-state index in [9.17, 15) is 18.0 Å². The molecule has 2 aromatic rings. The van der Waals surface area contributed by atoms with Crippen LogP contribution in [0.2, 0.25) is 5.02 Å². The first-order valence-electron chi connectivity index (χ1n) is 7.51. The zero-order valence-electron chi connectivity index (χ0n) is 14.2. The highest BCUT2D eigenvalue weighted by Gasteiger charge is 2.22. The average molecular weight is 396 g/mol. The van der Waals surface area contributed by atoms with Crippen LogP contribution in [0, 0.1) is 6.92 Å². The van der Waals surface area contributed by atoms with Gasteiger partial charge in [0.15, 0.2) is 0 Å². The fourth-order valence-corrected chi connectivity index (χ4v) is 3.47. The lowest BCUT2D eigenvalue weighted by Crippen LogP contribution is -2.37. The van der Waals surface area contributed by atoms with Gasteiger partial charge in [0.1, 0.15) is 6.54 Å². The van der Waals surface area contributed by atoms with Gasteiger partial charge in [0.25, 0.3) is 0 Å². The number of nitrogens with one attached hydrogen (secondary N) is 1. The number of halogens is 1. The molecule has 138 valence electrons. The number of hydrogen-bond acceptors (Lipinski definition) is 4. The van der Waals surface area contributed by atoms with E-state index >= 15 is 0 Å². The Bertz CT molecular complexity index is 943. The predicted octanol–water partition coefficient (Wildman–Crippen LogP) is 2.15. The van der Waals surface area contributed by atoms with Gasteiger partial charge in [-0.3, -0.25) is 13.9 Å². The third-order valence-electron chi connectivity index (χ3n) is 3.57. The molecule has 0 aliphatic carbocycles. The quantitative estimate of drug-likeness (QED) is 0.780. The normalized spacial score (nSPS) is 11.0. The second-order valence-corrected chi connectivity index (χ2v) is 8.03. The maximum Gasteiger partial charge on any atom is 0.248 e. The van der Waals surface area contributed by atoms with Crippen LogP contribution in [0.1, 0.15) is 15.9 Å². The van der Waals surface area contributed by atoms with E-state index in [1.807, 2.05) is 0 Å². The predicted molar refractivity (Wildman–Crippen MR) is 102 cm³/mol. The molecule has 9 heteroatoms. The summed E-state index contributed by atoms with van der Waals surface area (Å²) in [4.78, 5) is 23.4. The van der Waals surface area contributed by atoms with Crippen LogP contribution in [0.4, 0.5) is 11.4 Å². The van der Waals surface area contributed by atoms with Gasteiger partial charge < -0.3 is 11.1 Å². The number of carbonyl (C=O) groups excluding carboxylic acids is 2. The van der Waals surface area contributed by atoms with E-state index in [4.69, 9.17) is 17.3 Å². The Balaban J connectivity index is 2.20. The zero-order valence-corrected chi connectivity index (χ0v) is 15.8. The molecular formula is C17H18ClN3O4S. The van der Waals surface area contributed by atoms with Crippen molar-refractivity contribution in [2.45, 2.75) is 6.92 Å². The van der Waals surface area contributed by atoms with Crippen LogP contribution in [0.3, 0.4) is 0 Å². The van der Waals surface area contributed by atoms with Gasteiger partial charge in [0, 0.05) is 16.3 Å². The summed E-state index contributed by atoms with van der Waals surface area (Å²) in [5.74, 6) is -1.11. The van der Waals surface area contributed by atoms with Crippen molar-refractivity contribution in [2.24, 2.45) is 5.73 Å². The van der Waals surface area contributed by atoms with Gasteiger partial charge >= 0.3 is 0 Å². The van der Waals surface area contributed by atoms with Gasteiger partial charge in [0.05, 0.1) is 11.9 Å². The number of benzene rings is 2. The fraction of sp³-hybridized carbons (Fsp3) is 0.176. The highest BCUT2D eigenvalue weighted by molar-refractivity contribution is 7.92. The highest BCUT2D eigenvalue weighted by atomic mass is 35.5. The van der Waals surface area contributed by atoms with Crippen molar-refractivity contribution in [1.29, 1.82) is 0 Å². The molecule has 0 atom stereocenters. The van der Waals surface area contributed by atoms with Crippen LogP contribution in [0.25, 0.3) is 0 Å². The van der Waals surface area contributed by atoms with Gasteiger partial charge in [-0.15, -0.1) is 0 Å². The summed E-state index contributed by atoms with van der Waals surface area (Å²) in [7, 11) is -3.69. The van der Waals surface area contributed by atoms with Gasteiger partial charge in [-0.1, -0.05) is 11.6 Å². The Morgan fingerprint density at radius 3 is 2.27 bits per heavy atom. The lowest BCUT2D eigenvalue weighted by atomic mass is 10.2. The van der Waals surface area contributed by atoms with Gasteiger partial charge in [0.2, 0.25) is 21.8 Å². The summed E-state index contributed by atoms with van der Waals surface area (Å²) in [5.41, 5.74) is 6.88. The minimum absolute atomic E-state index is 0.303. The molecule has 2 rings (SSSR count). The number of nitrogens with zero attached hydrogens (tertiary/aromatic N) is 1. The van der Waals surface area contributed by atoms with E-state index in [1.54, 1.807) is 25.1 Å². The number of rotatable bonds is 6. The Labute approximate surface area is 156 Å². The molecule has 0 spiro atoms. The van der Waals surface area contributed by atoms with E-state index in [-0.39, 0.29) is 0 Å². The topological polar surface area (TPSA) is 110 Å². The number of aryl methyl sites for hydroxylation is 1. The first kappa shape index (κ1) is 19.7. The number of sulfonamides is 1. The molecule has 26 heavy (non-hydrogen) atoms. The lowest BCUT2D eigenvalue weighted by Gasteiger charge is -2.23. The SMILES string of the molecule is Cc1cc(Cl)ccc1N(CC(=O)Nc1ccc(C(N)=O)cc1)S(C)(=O)=O. The van der Waals surface area contributed by atoms with Crippen molar-refractivity contribution >= 4 is 44.8 Å². The lowest BCUT2D eigenvalue weighted by molar-refractivity contribution is -0.114. The fourth-order valence-electron chi connectivity index (χ4n) is 2.33. The van der Waals surface area contributed by atoms with E-state index in [2.05, 4.69) is 5.32 Å². The average Bonchev–Trinajstić information content (AvgIpc) is 2.53. The van der Waals surface area contributed by atoms with Crippen LogP contribution in [-0.2, 0) is 14.8 Å². The molecule has 0 aliphatic heterocycles. The number of carbonyl (C=O) groups is 2. The number of hydrogen-bond donors (Lipinski definition) is 2. The molecule has 3 N–H and O–H groups in total. The second-order valence-electron chi connectivity index (χ2n) is 5.69. The maximum absolute atomic E-state index is 12.3. The molecule has 0 saturated heterocycles. The van der Waals surface area contributed by atoms with Crippen molar-refractivity contribution in [3.05, 3.63) is 58.6 Å². The van der Waals surface area contributed by atoms with E-state index in [1.165, 1.54) is 24.3 Å². The second kappa shape index (κ2) is 7.76. The molecule has 0 aliphatic rings. The minimum atomic E-state index is -3.69. The number of primary amides is 1. The molecule has 0 bridgehead atoms. The summed E-state index contributed by atoms with van der Waals surface area (Å²) in [6.45, 7) is 1.30. The van der Waals surface area contributed by atoms with Crippen LogP contribution < -0.4 is 15.4 Å². The highest BCUT2D eigenvalue weighted by Crippen LogP contribution is 2.25. The largest absolute Gasteiger partial charge is 0.366 e. The molecule has 2 aromatic carbocycles. The summed E-state index contributed by atoms with van der Waals surface area (Å²) < 4.78 is 25.3. The molecule has 0 unspecified atom stereocenters. The number of anilines is 2. The van der Waals surface area contributed by atoms with E-state index < -0.39 is 28.4 Å².